The highest BCUT2D eigenvalue weighted by molar-refractivity contribution is 5.89. The van der Waals surface area contributed by atoms with Crippen molar-refractivity contribution in [3.8, 4) is 0 Å². The SMILES string of the molecule is COC(=O)CC[C@@H](C)[C@H]1CC[C@H]2[C@@H]3CC[C@@H]4[13CH2][13C](=O)CC[C@]4(C)[C@H]3C[C@H](OC(=O)c3ccccc3)[C@]12C. The number of ketones is 1. The molecule has 0 heterocycles. The van der Waals surface area contributed by atoms with Crippen molar-refractivity contribution < 1.29 is 23.9 Å². The molecule has 5 heteroatoms. The highest BCUT2D eigenvalue weighted by Gasteiger charge is 2.65. The molecule has 1 aromatic carbocycles. The number of esters is 2. The van der Waals surface area contributed by atoms with Gasteiger partial charge in [0.1, 0.15) is 11.9 Å². The molecule has 4 saturated carbocycles. The van der Waals surface area contributed by atoms with Crippen molar-refractivity contribution in [3.63, 3.8) is 0 Å². The van der Waals surface area contributed by atoms with Gasteiger partial charge in [0.05, 0.1) is 12.7 Å². The molecule has 0 spiro atoms. The van der Waals surface area contributed by atoms with Crippen LogP contribution in [0.4, 0.5) is 0 Å². The zero-order valence-electron chi connectivity index (χ0n) is 23.0. The molecule has 202 valence electrons. The third kappa shape index (κ3) is 4.55. The third-order valence-corrected chi connectivity index (χ3v) is 11.6. The zero-order chi connectivity index (χ0) is 26.4. The maximum atomic E-state index is 13.4. The first-order chi connectivity index (χ1) is 17.7. The summed E-state index contributed by atoms with van der Waals surface area (Å²) in [5, 5.41) is 0. The Morgan fingerprint density at radius 3 is 2.54 bits per heavy atom. The Kier molecular flexibility index (Phi) is 7.28. The largest absolute Gasteiger partial charge is 0.469 e. The summed E-state index contributed by atoms with van der Waals surface area (Å²) in [6.45, 7) is 7.10. The summed E-state index contributed by atoms with van der Waals surface area (Å²) < 4.78 is 11.4. The van der Waals surface area contributed by atoms with Crippen LogP contribution >= 0.6 is 0 Å². The van der Waals surface area contributed by atoms with Gasteiger partial charge in [-0.3, -0.25) is 9.59 Å². The van der Waals surface area contributed by atoms with Crippen LogP contribution in [0.3, 0.4) is 0 Å². The average Bonchev–Trinajstić information content (AvgIpc) is 3.26. The number of carbonyl (C=O) groups is 3. The van der Waals surface area contributed by atoms with Gasteiger partial charge in [-0.1, -0.05) is 39.0 Å². The molecule has 0 unspecified atom stereocenters. The molecular weight excluding hydrogens is 466 g/mol. The van der Waals surface area contributed by atoms with Crippen molar-refractivity contribution in [1.82, 2.24) is 0 Å². The van der Waals surface area contributed by atoms with Crippen LogP contribution in [0.25, 0.3) is 0 Å². The van der Waals surface area contributed by atoms with E-state index in [1.807, 2.05) is 30.3 Å². The van der Waals surface area contributed by atoms with E-state index < -0.39 is 0 Å². The van der Waals surface area contributed by atoms with Gasteiger partial charge in [0, 0.05) is 24.7 Å². The van der Waals surface area contributed by atoms with Crippen molar-refractivity contribution in [2.45, 2.75) is 91.1 Å². The Morgan fingerprint density at radius 1 is 1.05 bits per heavy atom. The predicted molar refractivity (Wildman–Crippen MR) is 142 cm³/mol. The van der Waals surface area contributed by atoms with Crippen LogP contribution in [-0.2, 0) is 19.1 Å². The van der Waals surface area contributed by atoms with Crippen LogP contribution in [0.1, 0.15) is 95.3 Å². The summed E-state index contributed by atoms with van der Waals surface area (Å²) in [4.78, 5) is 37.7. The molecule has 0 aliphatic heterocycles. The number of fused-ring (bicyclic) bond motifs is 5. The van der Waals surface area contributed by atoms with E-state index in [1.54, 1.807) is 0 Å². The molecule has 0 radical (unpaired) electrons. The third-order valence-electron chi connectivity index (χ3n) is 11.6. The van der Waals surface area contributed by atoms with Gasteiger partial charge >= 0.3 is 11.9 Å². The van der Waals surface area contributed by atoms with Crippen LogP contribution in [0.5, 0.6) is 0 Å². The summed E-state index contributed by atoms with van der Waals surface area (Å²) in [5.74, 6) is 2.85. The van der Waals surface area contributed by atoms with E-state index in [1.165, 1.54) is 13.5 Å². The Morgan fingerprint density at radius 2 is 1.81 bits per heavy atom. The second-order valence-corrected chi connectivity index (χ2v) is 13.0. The first kappa shape index (κ1) is 26.4. The van der Waals surface area contributed by atoms with E-state index >= 15 is 0 Å². The van der Waals surface area contributed by atoms with Crippen LogP contribution in [0.15, 0.2) is 30.3 Å². The molecule has 0 aromatic heterocycles. The summed E-state index contributed by atoms with van der Waals surface area (Å²) in [6.07, 6.45) is 8.95. The second-order valence-electron chi connectivity index (χ2n) is 13.0. The Labute approximate surface area is 222 Å². The molecule has 0 bridgehead atoms. The molecule has 4 fully saturated rings. The van der Waals surface area contributed by atoms with Crippen molar-refractivity contribution in [3.05, 3.63) is 35.9 Å². The van der Waals surface area contributed by atoms with Gasteiger partial charge in [0.2, 0.25) is 0 Å². The van der Waals surface area contributed by atoms with Crippen LogP contribution in [0.2, 0.25) is 0 Å². The average molecular weight is 511 g/mol. The van der Waals surface area contributed by atoms with E-state index in [0.717, 1.165) is 44.9 Å². The fraction of sp³-hybridized carbons (Fsp3) is 0.719. The predicted octanol–water partition coefficient (Wildman–Crippen LogP) is 6.64. The molecule has 4 aliphatic carbocycles. The highest BCUT2D eigenvalue weighted by Crippen LogP contribution is 2.68. The van der Waals surface area contributed by atoms with Crippen molar-refractivity contribution in [2.75, 3.05) is 7.11 Å². The molecule has 5 rings (SSSR count). The summed E-state index contributed by atoms with van der Waals surface area (Å²) in [6, 6.07) is 9.37. The van der Waals surface area contributed by atoms with Gasteiger partial charge in [-0.15, -0.1) is 0 Å². The number of hydrogen-bond donors (Lipinski definition) is 0. The Bertz CT molecular complexity index is 1020. The fourth-order valence-corrected chi connectivity index (χ4v) is 9.54. The first-order valence-corrected chi connectivity index (χ1v) is 14.5. The van der Waals surface area contributed by atoms with E-state index in [2.05, 4.69) is 20.8 Å². The molecule has 0 amide bonds. The molecule has 37 heavy (non-hydrogen) atoms. The second kappa shape index (κ2) is 10.2. The lowest BCUT2D eigenvalue weighted by Crippen LogP contribution is -2.59. The minimum absolute atomic E-state index is 0.116. The Hall–Kier alpha value is -2.17. The number of benzene rings is 1. The standard InChI is InChI=1S/C32H44O5/c1-20(10-15-29(34)36-4)25-13-14-26-24-12-11-22-18-23(33)16-17-31(22,2)27(24)19-28(32(25,26)3)37-30(35)21-8-6-5-7-9-21/h5-9,20,22,24-28H,10-19H2,1-4H3/t20-,22-,24+,25-,26+,27+,28+,31+,32-/m1/s1/i18+1,23+1. The number of methoxy groups -OCH3 is 1. The maximum Gasteiger partial charge on any atom is 0.338 e. The molecule has 5 nitrogen and oxygen atoms in total. The van der Waals surface area contributed by atoms with Crippen molar-refractivity contribution in [2.24, 2.45) is 46.3 Å². The molecule has 0 saturated heterocycles. The van der Waals surface area contributed by atoms with Crippen molar-refractivity contribution >= 4 is 17.7 Å². The number of carbonyl (C=O) groups excluding carboxylic acids is 3. The lowest BCUT2D eigenvalue weighted by atomic mass is 9.45. The van der Waals surface area contributed by atoms with E-state index in [9.17, 15) is 14.4 Å². The number of ether oxygens (including phenoxy) is 2. The van der Waals surface area contributed by atoms with Crippen LogP contribution in [-0.4, -0.2) is 30.9 Å². The number of Topliss-reactive ketones (excluding diaryl/α,β-unsaturated/α-hetero) is 1. The molecule has 4 aliphatic rings. The monoisotopic (exact) mass is 510 g/mol. The van der Waals surface area contributed by atoms with E-state index in [4.69, 9.17) is 9.47 Å². The molecule has 1 aromatic rings. The van der Waals surface area contributed by atoms with Gasteiger partial charge in [-0.25, -0.2) is 4.79 Å². The smallest absolute Gasteiger partial charge is 0.338 e. The van der Waals surface area contributed by atoms with Crippen molar-refractivity contribution in [1.29, 1.82) is 0 Å². The zero-order valence-corrected chi connectivity index (χ0v) is 23.0. The lowest BCUT2D eigenvalue weighted by molar-refractivity contribution is -0.172. The summed E-state index contributed by atoms with van der Waals surface area (Å²) in [7, 11) is 1.45. The van der Waals surface area contributed by atoms with Gasteiger partial charge in [0.15, 0.2) is 0 Å². The topological polar surface area (TPSA) is 69.7 Å². The van der Waals surface area contributed by atoms with E-state index in [-0.39, 0.29) is 28.9 Å². The molecule has 0 N–H and O–H groups in total. The maximum absolute atomic E-state index is 13.4. The minimum Gasteiger partial charge on any atom is -0.469 e. The number of rotatable bonds is 6. The van der Waals surface area contributed by atoms with E-state index in [0.29, 0.717) is 59.7 Å². The number of hydrogen-bond acceptors (Lipinski definition) is 5. The highest BCUT2D eigenvalue weighted by atomic mass is 16.5. The van der Waals surface area contributed by atoms with Crippen LogP contribution in [0, 0.1) is 46.3 Å². The van der Waals surface area contributed by atoms with Gasteiger partial charge in [-0.05, 0) is 98.0 Å². The first-order valence-electron chi connectivity index (χ1n) is 14.5. The normalized spacial score (nSPS) is 39.6. The quantitative estimate of drug-likeness (QED) is 0.317. The Balaban J connectivity index is 1.47. The molecule has 9 atom stereocenters. The summed E-state index contributed by atoms with van der Waals surface area (Å²) >= 11 is 0. The van der Waals surface area contributed by atoms with Crippen LogP contribution < -0.4 is 0 Å². The summed E-state index contributed by atoms with van der Waals surface area (Å²) in [5.41, 5.74) is 0.632. The van der Waals surface area contributed by atoms with Gasteiger partial charge in [-0.2, -0.15) is 0 Å². The van der Waals surface area contributed by atoms with Gasteiger partial charge < -0.3 is 9.47 Å². The van der Waals surface area contributed by atoms with Gasteiger partial charge in [0.25, 0.3) is 0 Å². The fourth-order valence-electron chi connectivity index (χ4n) is 9.54. The minimum atomic E-state index is -0.228. The lowest BCUT2D eigenvalue weighted by Gasteiger charge is -2.62. The molecular formula is C32H44O5.